The first kappa shape index (κ1) is 32.3. The second-order valence-corrected chi connectivity index (χ2v) is 11.6. The molecule has 0 radical (unpaired) electrons. The number of likely N-dealkylation sites (tertiary alicyclic amines) is 1. The van der Waals surface area contributed by atoms with Crippen LogP contribution in [0.25, 0.3) is 11.1 Å². The van der Waals surface area contributed by atoms with Crippen LogP contribution in [0.5, 0.6) is 17.2 Å². The first-order chi connectivity index (χ1) is 23.3. The lowest BCUT2D eigenvalue weighted by molar-refractivity contribution is -0.134. The number of nitrogens with zero attached hydrogens (tertiary/aromatic N) is 2. The molecule has 248 valence electrons. The van der Waals surface area contributed by atoms with E-state index in [4.69, 9.17) is 14.2 Å². The van der Waals surface area contributed by atoms with Crippen molar-refractivity contribution in [2.75, 3.05) is 26.8 Å². The molecule has 4 aromatic rings. The SMILES string of the molecule is COc1cc2ccc1CNC(=O)COc1cccc(c1)-c1ccc(F)c(c1)C(=O)N[C@@H]1CN(C(=O)CCn3ccccc3=O)CC[C@@H]1O2. The zero-order chi connectivity index (χ0) is 33.6. The summed E-state index contributed by atoms with van der Waals surface area (Å²) in [6, 6.07) is 20.5. The lowest BCUT2D eigenvalue weighted by Crippen LogP contribution is -2.58. The Morgan fingerprint density at radius 3 is 2.67 bits per heavy atom. The molecular weight excluding hydrogens is 619 g/mol. The minimum Gasteiger partial charge on any atom is -0.496 e. The number of benzene rings is 3. The Kier molecular flexibility index (Phi) is 9.70. The molecule has 1 aromatic heterocycles. The van der Waals surface area contributed by atoms with Gasteiger partial charge in [0.2, 0.25) is 5.91 Å². The summed E-state index contributed by atoms with van der Waals surface area (Å²) < 4.78 is 34.3. The maximum Gasteiger partial charge on any atom is 0.258 e. The molecule has 2 atom stereocenters. The Balaban J connectivity index is 1.30. The van der Waals surface area contributed by atoms with E-state index in [1.807, 2.05) is 0 Å². The van der Waals surface area contributed by atoms with Crippen LogP contribution in [-0.4, -0.2) is 66.1 Å². The first-order valence-corrected chi connectivity index (χ1v) is 15.6. The highest BCUT2D eigenvalue weighted by Gasteiger charge is 2.35. The Morgan fingerprint density at radius 2 is 1.83 bits per heavy atom. The van der Waals surface area contributed by atoms with Crippen LogP contribution in [0.3, 0.4) is 0 Å². The fourth-order valence-corrected chi connectivity index (χ4v) is 5.86. The fraction of sp³-hybridized carbons (Fsp3) is 0.278. The van der Waals surface area contributed by atoms with Crippen molar-refractivity contribution in [1.82, 2.24) is 20.1 Å². The van der Waals surface area contributed by atoms with Gasteiger partial charge in [0.05, 0.1) is 18.7 Å². The number of carbonyl (C=O) groups excluding carboxylic acids is 3. The fourth-order valence-electron chi connectivity index (χ4n) is 5.86. The number of pyridine rings is 1. The molecule has 3 aliphatic heterocycles. The van der Waals surface area contributed by atoms with Crippen molar-refractivity contribution in [3.63, 3.8) is 0 Å². The topological polar surface area (TPSA) is 128 Å². The summed E-state index contributed by atoms with van der Waals surface area (Å²) in [6.45, 7) is 0.641. The second kappa shape index (κ2) is 14.4. The monoisotopic (exact) mass is 654 g/mol. The Hall–Kier alpha value is -5.65. The molecule has 3 aromatic carbocycles. The van der Waals surface area contributed by atoms with E-state index in [0.29, 0.717) is 46.9 Å². The van der Waals surface area contributed by atoms with Crippen molar-refractivity contribution >= 4 is 17.7 Å². The van der Waals surface area contributed by atoms with E-state index < -0.39 is 23.9 Å². The van der Waals surface area contributed by atoms with Gasteiger partial charge >= 0.3 is 0 Å². The molecule has 48 heavy (non-hydrogen) atoms. The van der Waals surface area contributed by atoms with Crippen LogP contribution < -0.4 is 30.4 Å². The molecule has 0 spiro atoms. The Bertz CT molecular complexity index is 1890. The van der Waals surface area contributed by atoms with Crippen molar-refractivity contribution in [3.8, 4) is 28.4 Å². The molecule has 12 heteroatoms. The van der Waals surface area contributed by atoms with Crippen LogP contribution in [0.2, 0.25) is 0 Å². The summed E-state index contributed by atoms with van der Waals surface area (Å²) in [5.41, 5.74) is 1.57. The maximum atomic E-state index is 15.2. The highest BCUT2D eigenvalue weighted by molar-refractivity contribution is 5.96. The molecule has 3 amide bonds. The minimum atomic E-state index is -0.711. The van der Waals surface area contributed by atoms with Gasteiger partial charge in [-0.15, -0.1) is 0 Å². The number of piperidine rings is 1. The van der Waals surface area contributed by atoms with Crippen LogP contribution in [0.1, 0.15) is 28.8 Å². The lowest BCUT2D eigenvalue weighted by atomic mass is 9.99. The quantitative estimate of drug-likeness (QED) is 0.345. The van der Waals surface area contributed by atoms with E-state index in [0.717, 1.165) is 0 Å². The predicted octanol–water partition coefficient (Wildman–Crippen LogP) is 3.54. The van der Waals surface area contributed by atoms with E-state index in [1.165, 1.54) is 29.9 Å². The highest BCUT2D eigenvalue weighted by Crippen LogP contribution is 2.29. The molecule has 0 aliphatic carbocycles. The van der Waals surface area contributed by atoms with Gasteiger partial charge in [0.1, 0.15) is 29.2 Å². The van der Waals surface area contributed by atoms with Crippen molar-refractivity contribution in [2.24, 2.45) is 0 Å². The minimum absolute atomic E-state index is 0.0881. The summed E-state index contributed by atoms with van der Waals surface area (Å²) in [5.74, 6) is -0.524. The number of amides is 3. The van der Waals surface area contributed by atoms with Gasteiger partial charge in [-0.1, -0.05) is 24.3 Å². The number of rotatable bonds is 4. The number of ether oxygens (including phenoxy) is 3. The molecule has 2 N–H and O–H groups in total. The van der Waals surface area contributed by atoms with E-state index in [-0.39, 0.29) is 55.6 Å². The molecule has 3 aliphatic rings. The molecule has 0 unspecified atom stereocenters. The van der Waals surface area contributed by atoms with Gasteiger partial charge in [0.15, 0.2) is 6.61 Å². The summed E-state index contributed by atoms with van der Waals surface area (Å²) in [4.78, 5) is 53.4. The third-order valence-corrected chi connectivity index (χ3v) is 8.45. The maximum absolute atomic E-state index is 15.2. The van der Waals surface area contributed by atoms with Crippen LogP contribution in [0.15, 0.2) is 89.9 Å². The highest BCUT2D eigenvalue weighted by atomic mass is 19.1. The number of halogens is 1. The molecular formula is C36H35FN4O7. The smallest absolute Gasteiger partial charge is 0.258 e. The number of aryl methyl sites for hydroxylation is 1. The number of fused-ring (bicyclic) bond motifs is 7. The predicted molar refractivity (Wildman–Crippen MR) is 174 cm³/mol. The molecule has 0 saturated carbocycles. The Labute approximate surface area is 276 Å². The van der Waals surface area contributed by atoms with Gasteiger partial charge in [-0.05, 0) is 53.6 Å². The van der Waals surface area contributed by atoms with Crippen molar-refractivity contribution in [3.05, 3.63) is 112 Å². The molecule has 7 rings (SSSR count). The standard InChI is InChI=1S/C36H35FN4O7/c1-46-32-19-27-10-8-25(32)20-38-33(42)22-47-26-6-4-5-23(17-26)24-9-11-29(37)28(18-24)36(45)39-30-21-41(15-12-31(30)48-27)35(44)13-16-40-14-3-2-7-34(40)43/h2-11,14,17-19,30-31H,12-13,15-16,20-22H2,1H3,(H,38,42)(H,39,45)/t30-,31+/m1/s1. The van der Waals surface area contributed by atoms with Crippen LogP contribution in [-0.2, 0) is 22.7 Å². The normalized spacial score (nSPS) is 18.0. The van der Waals surface area contributed by atoms with E-state index in [1.54, 1.807) is 71.8 Å². The van der Waals surface area contributed by atoms with Gasteiger partial charge < -0.3 is 34.3 Å². The van der Waals surface area contributed by atoms with Gasteiger partial charge in [0.25, 0.3) is 17.4 Å². The number of hydrogen-bond donors (Lipinski definition) is 2. The summed E-state index contributed by atoms with van der Waals surface area (Å²) in [5, 5.41) is 5.77. The summed E-state index contributed by atoms with van der Waals surface area (Å²) in [7, 11) is 1.51. The first-order valence-electron chi connectivity index (χ1n) is 15.6. The van der Waals surface area contributed by atoms with E-state index >= 15 is 4.39 Å². The van der Waals surface area contributed by atoms with Gasteiger partial charge in [-0.3, -0.25) is 19.2 Å². The molecule has 1 saturated heterocycles. The number of nitrogens with one attached hydrogen (secondary N) is 2. The summed E-state index contributed by atoms with van der Waals surface area (Å²) >= 11 is 0. The van der Waals surface area contributed by atoms with Crippen molar-refractivity contribution in [1.29, 1.82) is 0 Å². The number of methoxy groups -OCH3 is 1. The molecule has 11 nitrogen and oxygen atoms in total. The number of aromatic nitrogens is 1. The van der Waals surface area contributed by atoms with Gasteiger partial charge in [0, 0.05) is 62.9 Å². The van der Waals surface area contributed by atoms with Gasteiger partial charge in [-0.25, -0.2) is 4.39 Å². The van der Waals surface area contributed by atoms with Crippen LogP contribution in [0, 0.1) is 5.82 Å². The molecule has 4 heterocycles. The second-order valence-electron chi connectivity index (χ2n) is 11.6. The average molecular weight is 655 g/mol. The molecule has 6 bridgehead atoms. The number of carbonyl (C=O) groups is 3. The average Bonchev–Trinajstić information content (AvgIpc) is 3.10. The largest absolute Gasteiger partial charge is 0.496 e. The zero-order valence-electron chi connectivity index (χ0n) is 26.3. The van der Waals surface area contributed by atoms with Crippen LogP contribution in [0.4, 0.5) is 4.39 Å². The van der Waals surface area contributed by atoms with E-state index in [9.17, 15) is 19.2 Å². The lowest BCUT2D eigenvalue weighted by Gasteiger charge is -2.39. The Morgan fingerprint density at radius 1 is 0.979 bits per heavy atom. The van der Waals surface area contributed by atoms with Crippen molar-refractivity contribution in [2.45, 2.75) is 38.1 Å². The number of hydrogen-bond acceptors (Lipinski definition) is 7. The van der Waals surface area contributed by atoms with Crippen LogP contribution >= 0.6 is 0 Å². The van der Waals surface area contributed by atoms with E-state index in [2.05, 4.69) is 10.6 Å². The van der Waals surface area contributed by atoms with Gasteiger partial charge in [-0.2, -0.15) is 0 Å². The van der Waals surface area contributed by atoms with Crippen molar-refractivity contribution < 1.29 is 33.0 Å². The third kappa shape index (κ3) is 7.49. The molecule has 1 fully saturated rings. The zero-order valence-corrected chi connectivity index (χ0v) is 26.3. The third-order valence-electron chi connectivity index (χ3n) is 8.45. The summed E-state index contributed by atoms with van der Waals surface area (Å²) in [6.07, 6.45) is 1.52.